The van der Waals surface area contributed by atoms with E-state index >= 15 is 0 Å². The summed E-state index contributed by atoms with van der Waals surface area (Å²) in [5.41, 5.74) is -0.374. The Balaban J connectivity index is 2.56. The molecular weight excluding hydrogens is 336 g/mol. The molecule has 0 radical (unpaired) electrons. The van der Waals surface area contributed by atoms with Crippen LogP contribution in [0.4, 0.5) is 17.6 Å². The molecule has 96 valence electrons. The minimum atomic E-state index is -4.66. The first kappa shape index (κ1) is 13.5. The summed E-state index contributed by atoms with van der Waals surface area (Å²) in [6.45, 7) is 0. The smallest absolute Gasteiger partial charge is 0.287 e. The largest absolute Gasteiger partial charge is 0.368 e. The number of fused-ring (bicyclic) bond motifs is 1. The van der Waals surface area contributed by atoms with Gasteiger partial charge in [-0.05, 0) is 22.0 Å². The number of carbonyl (C=O) groups is 1. The molecule has 0 aliphatic heterocycles. The van der Waals surface area contributed by atoms with Crippen molar-refractivity contribution in [2.45, 2.75) is 12.3 Å². The molecule has 0 atom stereocenters. The molecular formula is C11H5BrF4OS. The van der Waals surface area contributed by atoms with Gasteiger partial charge in [0, 0.05) is 25.5 Å². The molecule has 0 unspecified atom stereocenters. The SMILES string of the molecule is O=C(c1csc2c(Br)cccc12)C(F)(F)C(F)F. The molecule has 0 N–H and O–H groups in total. The highest BCUT2D eigenvalue weighted by Gasteiger charge is 2.49. The molecule has 0 aliphatic rings. The summed E-state index contributed by atoms with van der Waals surface area (Å²) in [4.78, 5) is 11.5. The van der Waals surface area contributed by atoms with Crippen molar-refractivity contribution in [2.24, 2.45) is 0 Å². The number of thiophene rings is 1. The summed E-state index contributed by atoms with van der Waals surface area (Å²) in [6.07, 6.45) is -4.01. The Hall–Kier alpha value is -0.950. The van der Waals surface area contributed by atoms with Crippen LogP contribution in [0, 0.1) is 0 Å². The minimum Gasteiger partial charge on any atom is -0.287 e. The Labute approximate surface area is 112 Å². The van der Waals surface area contributed by atoms with Gasteiger partial charge in [0.2, 0.25) is 5.78 Å². The Kier molecular flexibility index (Phi) is 3.46. The Morgan fingerprint density at radius 3 is 2.61 bits per heavy atom. The average molecular weight is 341 g/mol. The van der Waals surface area contributed by atoms with Crippen LogP contribution in [0.2, 0.25) is 0 Å². The van der Waals surface area contributed by atoms with Crippen LogP contribution in [0.3, 0.4) is 0 Å². The lowest BCUT2D eigenvalue weighted by atomic mass is 10.0. The maximum Gasteiger partial charge on any atom is 0.368 e. The van der Waals surface area contributed by atoms with Crippen molar-refractivity contribution in [1.82, 2.24) is 0 Å². The van der Waals surface area contributed by atoms with Gasteiger partial charge in [0.25, 0.3) is 0 Å². The summed E-state index contributed by atoms with van der Waals surface area (Å²) >= 11 is 4.25. The van der Waals surface area contributed by atoms with E-state index < -0.39 is 18.1 Å². The van der Waals surface area contributed by atoms with Crippen LogP contribution in [0.15, 0.2) is 28.1 Å². The molecule has 1 aromatic carbocycles. The van der Waals surface area contributed by atoms with Gasteiger partial charge in [-0.3, -0.25) is 4.79 Å². The predicted octanol–water partition coefficient (Wildman–Crippen LogP) is 4.75. The third kappa shape index (κ3) is 2.05. The van der Waals surface area contributed by atoms with Gasteiger partial charge < -0.3 is 0 Å². The first-order valence-corrected chi connectivity index (χ1v) is 6.39. The second-order valence-corrected chi connectivity index (χ2v) is 5.25. The number of carbonyl (C=O) groups excluding carboxylic acids is 1. The first-order chi connectivity index (χ1) is 8.35. The molecule has 0 spiro atoms. The van der Waals surface area contributed by atoms with Crippen molar-refractivity contribution in [3.63, 3.8) is 0 Å². The van der Waals surface area contributed by atoms with Gasteiger partial charge in [-0.2, -0.15) is 8.78 Å². The van der Waals surface area contributed by atoms with Crippen LogP contribution in [-0.4, -0.2) is 18.1 Å². The molecule has 2 rings (SSSR count). The number of rotatable bonds is 3. The third-order valence-corrected chi connectivity index (χ3v) is 4.33. The Morgan fingerprint density at radius 2 is 2.00 bits per heavy atom. The van der Waals surface area contributed by atoms with E-state index in [1.54, 1.807) is 12.1 Å². The number of halogens is 5. The molecule has 18 heavy (non-hydrogen) atoms. The van der Waals surface area contributed by atoms with Crippen LogP contribution in [0.5, 0.6) is 0 Å². The van der Waals surface area contributed by atoms with Gasteiger partial charge in [0.05, 0.1) is 0 Å². The highest BCUT2D eigenvalue weighted by atomic mass is 79.9. The lowest BCUT2D eigenvalue weighted by molar-refractivity contribution is -0.0957. The average Bonchev–Trinajstić information content (AvgIpc) is 2.73. The minimum absolute atomic E-state index is 0.250. The maximum atomic E-state index is 13.0. The molecule has 1 aromatic heterocycles. The molecule has 1 nitrogen and oxygen atoms in total. The van der Waals surface area contributed by atoms with E-state index in [4.69, 9.17) is 0 Å². The topological polar surface area (TPSA) is 17.1 Å². The maximum absolute atomic E-state index is 13.0. The van der Waals surface area contributed by atoms with Crippen molar-refractivity contribution in [3.05, 3.63) is 33.6 Å². The molecule has 0 fully saturated rings. The molecule has 1 heterocycles. The van der Waals surface area contributed by atoms with Crippen molar-refractivity contribution in [2.75, 3.05) is 0 Å². The van der Waals surface area contributed by atoms with Crippen molar-refractivity contribution in [3.8, 4) is 0 Å². The first-order valence-electron chi connectivity index (χ1n) is 4.72. The fourth-order valence-electron chi connectivity index (χ4n) is 1.48. The van der Waals surface area contributed by atoms with Gasteiger partial charge in [0.15, 0.2) is 0 Å². The van der Waals surface area contributed by atoms with Gasteiger partial charge >= 0.3 is 12.3 Å². The Bertz CT molecular complexity index is 608. The highest BCUT2D eigenvalue weighted by Crippen LogP contribution is 2.36. The quantitative estimate of drug-likeness (QED) is 0.582. The fraction of sp³-hybridized carbons (Fsp3) is 0.182. The summed E-state index contributed by atoms with van der Waals surface area (Å²) in [6, 6.07) is 4.68. The summed E-state index contributed by atoms with van der Waals surface area (Å²) in [5.74, 6) is -6.50. The lowest BCUT2D eigenvalue weighted by Gasteiger charge is -2.12. The molecule has 2 aromatic rings. The zero-order valence-corrected chi connectivity index (χ0v) is 11.0. The molecule has 7 heteroatoms. The van der Waals surface area contributed by atoms with E-state index in [9.17, 15) is 22.4 Å². The molecule has 0 saturated heterocycles. The molecule has 0 bridgehead atoms. The van der Waals surface area contributed by atoms with Crippen LogP contribution in [0.1, 0.15) is 10.4 Å². The van der Waals surface area contributed by atoms with E-state index in [1.165, 1.54) is 11.4 Å². The van der Waals surface area contributed by atoms with Crippen LogP contribution in [-0.2, 0) is 0 Å². The zero-order chi connectivity index (χ0) is 13.5. The molecule has 0 saturated carbocycles. The van der Waals surface area contributed by atoms with Crippen molar-refractivity contribution >= 4 is 43.1 Å². The molecule has 0 aliphatic carbocycles. The Morgan fingerprint density at radius 1 is 1.33 bits per heavy atom. The van der Waals surface area contributed by atoms with E-state index in [0.29, 0.717) is 9.17 Å². The number of hydrogen-bond donors (Lipinski definition) is 0. The van der Waals surface area contributed by atoms with Crippen LogP contribution >= 0.6 is 27.3 Å². The van der Waals surface area contributed by atoms with Gasteiger partial charge in [-0.25, -0.2) is 8.78 Å². The lowest BCUT2D eigenvalue weighted by Crippen LogP contribution is -2.36. The van der Waals surface area contributed by atoms with Gasteiger partial charge in [-0.15, -0.1) is 11.3 Å². The normalized spacial score (nSPS) is 12.3. The van der Waals surface area contributed by atoms with E-state index in [1.807, 2.05) is 0 Å². The van der Waals surface area contributed by atoms with Crippen molar-refractivity contribution in [1.29, 1.82) is 0 Å². The van der Waals surface area contributed by atoms with E-state index in [-0.39, 0.29) is 10.9 Å². The van der Waals surface area contributed by atoms with Gasteiger partial charge in [0.1, 0.15) is 0 Å². The van der Waals surface area contributed by atoms with E-state index in [2.05, 4.69) is 15.9 Å². The number of benzene rings is 1. The monoisotopic (exact) mass is 340 g/mol. The summed E-state index contributed by atoms with van der Waals surface area (Å²) < 4.78 is 51.6. The van der Waals surface area contributed by atoms with Gasteiger partial charge in [-0.1, -0.05) is 12.1 Å². The van der Waals surface area contributed by atoms with E-state index in [0.717, 1.165) is 11.3 Å². The number of alkyl halides is 4. The third-order valence-electron chi connectivity index (χ3n) is 2.37. The van der Waals surface area contributed by atoms with Crippen LogP contribution < -0.4 is 0 Å². The standard InChI is InChI=1S/C11H5BrF4OS/c12-7-3-1-2-5-6(4-18-8(5)7)9(17)11(15,16)10(13)14/h1-4,10H. The zero-order valence-electron chi connectivity index (χ0n) is 8.59. The highest BCUT2D eigenvalue weighted by molar-refractivity contribution is 9.10. The number of Topliss-reactive ketones (excluding diaryl/α,β-unsaturated/α-hetero) is 1. The second-order valence-electron chi connectivity index (χ2n) is 3.52. The molecule has 0 amide bonds. The summed E-state index contributed by atoms with van der Waals surface area (Å²) in [7, 11) is 0. The summed E-state index contributed by atoms with van der Waals surface area (Å²) in [5, 5.41) is 1.42. The van der Waals surface area contributed by atoms with Crippen molar-refractivity contribution < 1.29 is 22.4 Å². The number of ketones is 1. The van der Waals surface area contributed by atoms with Crippen LogP contribution in [0.25, 0.3) is 10.1 Å². The second kappa shape index (κ2) is 4.62. The fourth-order valence-corrected chi connectivity index (χ4v) is 3.08. The predicted molar refractivity (Wildman–Crippen MR) is 64.8 cm³/mol. The number of hydrogen-bond acceptors (Lipinski definition) is 2.